The Kier molecular flexibility index (Phi) is 3.26. The maximum absolute atomic E-state index is 11.3. The molecule has 98 valence electrons. The van der Waals surface area contributed by atoms with E-state index in [-0.39, 0.29) is 33.2 Å². The van der Waals surface area contributed by atoms with Crippen molar-refractivity contribution in [3.8, 4) is 11.4 Å². The standard InChI is InChI=1S/C12H9ClN2O4/c1-5-7(11(16)17)8(12(18)19)10(15-5)9-6(13)3-2-4-14-9/h2-4,15H,1H3,(H,16,17)(H,18,19). The molecule has 0 saturated heterocycles. The van der Waals surface area contributed by atoms with Crippen molar-refractivity contribution < 1.29 is 19.8 Å². The van der Waals surface area contributed by atoms with E-state index in [0.717, 1.165) is 0 Å². The lowest BCUT2D eigenvalue weighted by atomic mass is 10.1. The summed E-state index contributed by atoms with van der Waals surface area (Å²) in [5.41, 5.74) is -0.0957. The molecule has 0 atom stereocenters. The Morgan fingerprint density at radius 2 is 1.89 bits per heavy atom. The van der Waals surface area contributed by atoms with Gasteiger partial charge < -0.3 is 15.2 Å². The highest BCUT2D eigenvalue weighted by Gasteiger charge is 2.27. The van der Waals surface area contributed by atoms with Gasteiger partial charge in [0, 0.05) is 11.9 Å². The fourth-order valence-electron chi connectivity index (χ4n) is 1.85. The van der Waals surface area contributed by atoms with Crippen LogP contribution >= 0.6 is 11.6 Å². The van der Waals surface area contributed by atoms with Crippen LogP contribution in [-0.4, -0.2) is 32.1 Å². The van der Waals surface area contributed by atoms with Gasteiger partial charge in [0.2, 0.25) is 0 Å². The van der Waals surface area contributed by atoms with Gasteiger partial charge in [0.15, 0.2) is 0 Å². The maximum atomic E-state index is 11.3. The fourth-order valence-corrected chi connectivity index (χ4v) is 2.07. The van der Waals surface area contributed by atoms with Crippen molar-refractivity contribution in [2.24, 2.45) is 0 Å². The Morgan fingerprint density at radius 1 is 1.26 bits per heavy atom. The first kappa shape index (κ1) is 13.1. The number of aromatic carboxylic acids is 2. The van der Waals surface area contributed by atoms with E-state index in [0.29, 0.717) is 0 Å². The molecular formula is C12H9ClN2O4. The second-order valence-corrected chi connectivity index (χ2v) is 4.23. The second kappa shape index (κ2) is 4.74. The molecule has 0 aliphatic carbocycles. The van der Waals surface area contributed by atoms with Gasteiger partial charge in [0.05, 0.1) is 16.3 Å². The molecule has 6 nitrogen and oxygen atoms in total. The third-order valence-electron chi connectivity index (χ3n) is 2.61. The predicted molar refractivity (Wildman–Crippen MR) is 67.7 cm³/mol. The molecule has 0 aliphatic rings. The van der Waals surface area contributed by atoms with E-state index in [9.17, 15) is 14.7 Å². The van der Waals surface area contributed by atoms with Crippen LogP contribution < -0.4 is 0 Å². The number of aryl methyl sites for hydroxylation is 1. The number of aromatic nitrogens is 2. The van der Waals surface area contributed by atoms with E-state index in [2.05, 4.69) is 9.97 Å². The van der Waals surface area contributed by atoms with Gasteiger partial charge in [-0.05, 0) is 19.1 Å². The second-order valence-electron chi connectivity index (χ2n) is 3.82. The third kappa shape index (κ3) is 2.17. The zero-order chi connectivity index (χ0) is 14.2. The number of hydrogen-bond acceptors (Lipinski definition) is 3. The number of H-pyrrole nitrogens is 1. The molecule has 2 aromatic rings. The van der Waals surface area contributed by atoms with Gasteiger partial charge in [-0.2, -0.15) is 0 Å². The molecule has 0 saturated carbocycles. The van der Waals surface area contributed by atoms with Crippen molar-refractivity contribution in [2.75, 3.05) is 0 Å². The molecule has 2 aromatic heterocycles. The van der Waals surface area contributed by atoms with Crippen molar-refractivity contribution in [1.29, 1.82) is 0 Å². The van der Waals surface area contributed by atoms with Gasteiger partial charge in [-0.3, -0.25) is 4.98 Å². The van der Waals surface area contributed by atoms with Crippen molar-refractivity contribution >= 4 is 23.5 Å². The van der Waals surface area contributed by atoms with E-state index in [1.165, 1.54) is 13.1 Å². The summed E-state index contributed by atoms with van der Waals surface area (Å²) in [5, 5.41) is 18.5. The zero-order valence-corrected chi connectivity index (χ0v) is 10.5. The number of carboxylic acids is 2. The average Bonchev–Trinajstić information content (AvgIpc) is 2.67. The molecular weight excluding hydrogens is 272 g/mol. The zero-order valence-electron chi connectivity index (χ0n) is 9.77. The van der Waals surface area contributed by atoms with Crippen LogP contribution in [0.2, 0.25) is 5.02 Å². The summed E-state index contributed by atoms with van der Waals surface area (Å²) in [4.78, 5) is 29.1. The Hall–Kier alpha value is -2.34. The Bertz CT molecular complexity index is 678. The van der Waals surface area contributed by atoms with E-state index >= 15 is 0 Å². The van der Waals surface area contributed by atoms with Gasteiger partial charge >= 0.3 is 11.9 Å². The van der Waals surface area contributed by atoms with Crippen molar-refractivity contribution in [2.45, 2.75) is 6.92 Å². The maximum Gasteiger partial charge on any atom is 0.338 e. The van der Waals surface area contributed by atoms with Crippen LogP contribution in [0.1, 0.15) is 26.4 Å². The lowest BCUT2D eigenvalue weighted by Gasteiger charge is -2.02. The molecule has 0 aliphatic heterocycles. The van der Waals surface area contributed by atoms with E-state index in [1.54, 1.807) is 12.1 Å². The lowest BCUT2D eigenvalue weighted by Crippen LogP contribution is -2.07. The smallest absolute Gasteiger partial charge is 0.338 e. The van der Waals surface area contributed by atoms with E-state index in [1.807, 2.05) is 0 Å². The first-order valence-electron chi connectivity index (χ1n) is 5.23. The quantitative estimate of drug-likeness (QED) is 0.801. The molecule has 2 heterocycles. The van der Waals surface area contributed by atoms with Crippen molar-refractivity contribution in [3.05, 3.63) is 40.2 Å². The van der Waals surface area contributed by atoms with E-state index < -0.39 is 11.9 Å². The first-order valence-corrected chi connectivity index (χ1v) is 5.61. The number of halogens is 1. The fraction of sp³-hybridized carbons (Fsp3) is 0.0833. The summed E-state index contributed by atoms with van der Waals surface area (Å²) < 4.78 is 0. The Morgan fingerprint density at radius 3 is 2.42 bits per heavy atom. The highest BCUT2D eigenvalue weighted by Crippen LogP contribution is 2.31. The molecule has 19 heavy (non-hydrogen) atoms. The minimum Gasteiger partial charge on any atom is -0.478 e. The Balaban J connectivity index is 2.79. The first-order chi connectivity index (χ1) is 8.93. The minimum atomic E-state index is -1.35. The van der Waals surface area contributed by atoms with Crippen LogP contribution in [0.25, 0.3) is 11.4 Å². The monoisotopic (exact) mass is 280 g/mol. The van der Waals surface area contributed by atoms with Crippen LogP contribution in [0.3, 0.4) is 0 Å². The Labute approximate surface area is 112 Å². The van der Waals surface area contributed by atoms with Crippen molar-refractivity contribution in [1.82, 2.24) is 9.97 Å². The van der Waals surface area contributed by atoms with Gasteiger partial charge in [-0.15, -0.1) is 0 Å². The molecule has 0 fully saturated rings. The summed E-state index contributed by atoms with van der Waals surface area (Å²) in [6, 6.07) is 3.15. The number of carbonyl (C=O) groups is 2. The van der Waals surface area contributed by atoms with Gasteiger partial charge in [-0.1, -0.05) is 11.6 Å². The van der Waals surface area contributed by atoms with Gasteiger partial charge in [-0.25, -0.2) is 9.59 Å². The molecule has 3 N–H and O–H groups in total. The van der Waals surface area contributed by atoms with Crippen LogP contribution in [0.5, 0.6) is 0 Å². The summed E-state index contributed by atoms with van der Waals surface area (Å²) in [5.74, 6) is -2.66. The number of nitrogens with one attached hydrogen (secondary N) is 1. The third-order valence-corrected chi connectivity index (χ3v) is 2.92. The highest BCUT2D eigenvalue weighted by atomic mass is 35.5. The summed E-state index contributed by atoms with van der Waals surface area (Å²) in [7, 11) is 0. The molecule has 7 heteroatoms. The molecule has 2 rings (SSSR count). The molecule has 0 amide bonds. The summed E-state index contributed by atoms with van der Waals surface area (Å²) in [6.45, 7) is 1.48. The molecule has 0 spiro atoms. The SMILES string of the molecule is Cc1[nH]c(-c2ncccc2Cl)c(C(=O)O)c1C(=O)O. The topological polar surface area (TPSA) is 103 Å². The number of rotatable bonds is 3. The minimum absolute atomic E-state index is 0.0907. The molecule has 0 unspecified atom stereocenters. The average molecular weight is 281 g/mol. The summed E-state index contributed by atoms with van der Waals surface area (Å²) in [6.07, 6.45) is 1.45. The molecule has 0 aromatic carbocycles. The number of hydrogen-bond donors (Lipinski definition) is 3. The highest BCUT2D eigenvalue weighted by molar-refractivity contribution is 6.33. The lowest BCUT2D eigenvalue weighted by molar-refractivity contribution is 0.0652. The summed E-state index contributed by atoms with van der Waals surface area (Å²) >= 11 is 5.95. The number of pyridine rings is 1. The molecule has 0 bridgehead atoms. The number of carboxylic acid groups (broad SMARTS) is 2. The van der Waals surface area contributed by atoms with Gasteiger partial charge in [0.25, 0.3) is 0 Å². The van der Waals surface area contributed by atoms with Gasteiger partial charge in [0.1, 0.15) is 11.3 Å². The van der Waals surface area contributed by atoms with Crippen LogP contribution in [0, 0.1) is 6.92 Å². The predicted octanol–water partition coefficient (Wildman–Crippen LogP) is 2.43. The number of aromatic amines is 1. The van der Waals surface area contributed by atoms with Crippen LogP contribution in [-0.2, 0) is 0 Å². The largest absolute Gasteiger partial charge is 0.478 e. The van der Waals surface area contributed by atoms with Crippen molar-refractivity contribution in [3.63, 3.8) is 0 Å². The van der Waals surface area contributed by atoms with Crippen LogP contribution in [0.15, 0.2) is 18.3 Å². The van der Waals surface area contributed by atoms with E-state index in [4.69, 9.17) is 16.7 Å². The normalized spacial score (nSPS) is 10.4. The molecule has 0 radical (unpaired) electrons. The number of nitrogens with zero attached hydrogens (tertiary/aromatic N) is 1. The van der Waals surface area contributed by atoms with Crippen LogP contribution in [0.4, 0.5) is 0 Å².